The minimum absolute atomic E-state index is 0.0575. The molecular formula is C16H23NO3S. The summed E-state index contributed by atoms with van der Waals surface area (Å²) in [6.07, 6.45) is 5.35. The zero-order valence-electron chi connectivity index (χ0n) is 12.5. The minimum Gasteiger partial charge on any atom is -0.382 e. The first kappa shape index (κ1) is 16.3. The number of nitrogens with one attached hydrogen (secondary N) is 1. The largest absolute Gasteiger partial charge is 0.382 e. The van der Waals surface area contributed by atoms with Crippen LogP contribution in [0.5, 0.6) is 0 Å². The number of carbonyl (C=O) groups excluding carboxylic acids is 1. The number of hydrogen-bond acceptors (Lipinski definition) is 4. The molecule has 1 saturated carbocycles. The van der Waals surface area contributed by atoms with Gasteiger partial charge in [0.1, 0.15) is 6.61 Å². The maximum absolute atomic E-state index is 11.7. The molecule has 1 aliphatic carbocycles. The summed E-state index contributed by atoms with van der Waals surface area (Å²) in [4.78, 5) is 12.9. The van der Waals surface area contributed by atoms with Crippen LogP contribution in [0.1, 0.15) is 25.7 Å². The Labute approximate surface area is 130 Å². The van der Waals surface area contributed by atoms with Gasteiger partial charge in [-0.05, 0) is 37.1 Å². The summed E-state index contributed by atoms with van der Waals surface area (Å²) >= 11 is 1.95. The molecule has 1 amide bonds. The second-order valence-electron chi connectivity index (χ2n) is 5.14. The van der Waals surface area contributed by atoms with Crippen molar-refractivity contribution >= 4 is 23.4 Å². The highest BCUT2D eigenvalue weighted by atomic mass is 32.2. The normalized spacial score (nSPS) is 15.3. The second-order valence-corrected chi connectivity index (χ2v) is 6.52. The highest BCUT2D eigenvalue weighted by molar-refractivity contribution is 8.00. The zero-order valence-corrected chi connectivity index (χ0v) is 13.3. The molecule has 1 aliphatic rings. The van der Waals surface area contributed by atoms with E-state index in [4.69, 9.17) is 9.47 Å². The molecule has 1 aromatic carbocycles. The first-order valence-electron chi connectivity index (χ1n) is 7.41. The fourth-order valence-corrected chi connectivity index (χ4v) is 3.57. The number of anilines is 1. The summed E-state index contributed by atoms with van der Waals surface area (Å²) in [7, 11) is 1.61. The quantitative estimate of drug-likeness (QED) is 0.748. The van der Waals surface area contributed by atoms with Crippen molar-refractivity contribution in [3.63, 3.8) is 0 Å². The van der Waals surface area contributed by atoms with Crippen LogP contribution >= 0.6 is 11.8 Å². The molecule has 0 aromatic heterocycles. The number of ether oxygens (including phenoxy) is 2. The molecule has 4 nitrogen and oxygen atoms in total. The average molecular weight is 309 g/mol. The van der Waals surface area contributed by atoms with Gasteiger partial charge in [-0.15, -0.1) is 11.8 Å². The van der Waals surface area contributed by atoms with E-state index >= 15 is 0 Å². The van der Waals surface area contributed by atoms with Gasteiger partial charge in [-0.25, -0.2) is 0 Å². The molecule has 1 N–H and O–H groups in total. The topological polar surface area (TPSA) is 47.6 Å². The summed E-state index contributed by atoms with van der Waals surface area (Å²) in [5, 5.41) is 3.59. The standard InChI is InChI=1S/C16H23NO3S/c1-19-10-11-20-12-16(18)17-13-6-8-15(9-7-13)21-14-4-2-3-5-14/h6-9,14H,2-5,10-12H2,1H3,(H,17,18). The predicted octanol–water partition coefficient (Wildman–Crippen LogP) is 3.32. The average Bonchev–Trinajstić information content (AvgIpc) is 2.99. The van der Waals surface area contributed by atoms with Gasteiger partial charge in [-0.1, -0.05) is 12.8 Å². The van der Waals surface area contributed by atoms with E-state index in [1.807, 2.05) is 23.9 Å². The van der Waals surface area contributed by atoms with Crippen LogP contribution in [-0.2, 0) is 14.3 Å². The second kappa shape index (κ2) is 9.07. The number of methoxy groups -OCH3 is 1. The maximum atomic E-state index is 11.7. The smallest absolute Gasteiger partial charge is 0.250 e. The monoisotopic (exact) mass is 309 g/mol. The number of amides is 1. The third-order valence-electron chi connectivity index (χ3n) is 3.41. The highest BCUT2D eigenvalue weighted by Gasteiger charge is 2.15. The Hall–Kier alpha value is -1.04. The van der Waals surface area contributed by atoms with Crippen molar-refractivity contribution in [2.75, 3.05) is 32.2 Å². The van der Waals surface area contributed by atoms with Crippen molar-refractivity contribution in [2.24, 2.45) is 0 Å². The van der Waals surface area contributed by atoms with E-state index in [0.717, 1.165) is 10.9 Å². The molecule has 0 unspecified atom stereocenters. The molecule has 0 radical (unpaired) electrons. The van der Waals surface area contributed by atoms with E-state index in [1.54, 1.807) is 7.11 Å². The lowest BCUT2D eigenvalue weighted by Crippen LogP contribution is -2.19. The van der Waals surface area contributed by atoms with Crippen molar-refractivity contribution in [1.82, 2.24) is 0 Å². The van der Waals surface area contributed by atoms with Crippen molar-refractivity contribution in [3.05, 3.63) is 24.3 Å². The van der Waals surface area contributed by atoms with Crippen LogP contribution in [0.2, 0.25) is 0 Å². The molecule has 0 aliphatic heterocycles. The van der Waals surface area contributed by atoms with Gasteiger partial charge in [0.25, 0.3) is 0 Å². The van der Waals surface area contributed by atoms with Crippen LogP contribution in [0, 0.1) is 0 Å². The van der Waals surface area contributed by atoms with Gasteiger partial charge in [-0.2, -0.15) is 0 Å². The number of benzene rings is 1. The van der Waals surface area contributed by atoms with E-state index in [2.05, 4.69) is 17.4 Å². The molecule has 0 saturated heterocycles. The van der Waals surface area contributed by atoms with Gasteiger partial charge < -0.3 is 14.8 Å². The highest BCUT2D eigenvalue weighted by Crippen LogP contribution is 2.34. The summed E-state index contributed by atoms with van der Waals surface area (Å²) < 4.78 is 10.0. The Morgan fingerprint density at radius 3 is 2.62 bits per heavy atom. The molecule has 0 heterocycles. The van der Waals surface area contributed by atoms with Gasteiger partial charge in [0.2, 0.25) is 5.91 Å². The van der Waals surface area contributed by atoms with Crippen LogP contribution < -0.4 is 5.32 Å². The third kappa shape index (κ3) is 6.08. The van der Waals surface area contributed by atoms with Gasteiger partial charge in [0.05, 0.1) is 13.2 Å². The van der Waals surface area contributed by atoms with Crippen LogP contribution in [0.4, 0.5) is 5.69 Å². The third-order valence-corrected chi connectivity index (χ3v) is 4.76. The first-order valence-corrected chi connectivity index (χ1v) is 8.29. The molecule has 116 valence electrons. The molecule has 0 spiro atoms. The maximum Gasteiger partial charge on any atom is 0.250 e. The molecular weight excluding hydrogens is 286 g/mol. The van der Waals surface area contributed by atoms with E-state index < -0.39 is 0 Å². The van der Waals surface area contributed by atoms with Crippen molar-refractivity contribution < 1.29 is 14.3 Å². The minimum atomic E-state index is -0.137. The van der Waals surface area contributed by atoms with Gasteiger partial charge >= 0.3 is 0 Å². The summed E-state index contributed by atoms with van der Waals surface area (Å²) in [6, 6.07) is 8.05. The SMILES string of the molecule is COCCOCC(=O)Nc1ccc(SC2CCCC2)cc1. The Kier molecular flexibility index (Phi) is 7.06. The molecule has 21 heavy (non-hydrogen) atoms. The molecule has 1 fully saturated rings. The van der Waals surface area contributed by atoms with Crippen LogP contribution in [-0.4, -0.2) is 38.1 Å². The molecule has 0 bridgehead atoms. The predicted molar refractivity (Wildman–Crippen MR) is 85.9 cm³/mol. The lowest BCUT2D eigenvalue weighted by molar-refractivity contribution is -0.121. The Morgan fingerprint density at radius 2 is 1.95 bits per heavy atom. The van der Waals surface area contributed by atoms with E-state index in [9.17, 15) is 4.79 Å². The van der Waals surface area contributed by atoms with E-state index in [1.165, 1.54) is 30.6 Å². The van der Waals surface area contributed by atoms with Crippen LogP contribution in [0.3, 0.4) is 0 Å². The summed E-state index contributed by atoms with van der Waals surface area (Å²) in [5.74, 6) is -0.137. The lowest BCUT2D eigenvalue weighted by atomic mass is 10.3. The number of hydrogen-bond donors (Lipinski definition) is 1. The first-order chi connectivity index (χ1) is 10.3. The van der Waals surface area contributed by atoms with Crippen LogP contribution in [0.25, 0.3) is 0 Å². The fourth-order valence-electron chi connectivity index (χ4n) is 2.32. The summed E-state index contributed by atoms with van der Waals surface area (Å²) in [5.41, 5.74) is 0.811. The van der Waals surface area contributed by atoms with Crippen molar-refractivity contribution in [3.8, 4) is 0 Å². The number of rotatable bonds is 8. The Morgan fingerprint density at radius 1 is 1.24 bits per heavy atom. The molecule has 0 atom stereocenters. The molecule has 2 rings (SSSR count). The van der Waals surface area contributed by atoms with Crippen molar-refractivity contribution in [2.45, 2.75) is 35.8 Å². The Balaban J connectivity index is 1.72. The van der Waals surface area contributed by atoms with Gasteiger partial charge in [0, 0.05) is 22.9 Å². The van der Waals surface area contributed by atoms with Gasteiger partial charge in [-0.3, -0.25) is 4.79 Å². The molecule has 5 heteroatoms. The zero-order chi connectivity index (χ0) is 14.9. The van der Waals surface area contributed by atoms with E-state index in [-0.39, 0.29) is 12.5 Å². The van der Waals surface area contributed by atoms with Crippen LogP contribution in [0.15, 0.2) is 29.2 Å². The van der Waals surface area contributed by atoms with E-state index in [0.29, 0.717) is 13.2 Å². The number of thioether (sulfide) groups is 1. The Bertz CT molecular complexity index is 430. The fraction of sp³-hybridized carbons (Fsp3) is 0.562. The summed E-state index contributed by atoms with van der Waals surface area (Å²) in [6.45, 7) is 0.989. The van der Waals surface area contributed by atoms with Gasteiger partial charge in [0.15, 0.2) is 0 Å². The lowest BCUT2D eigenvalue weighted by Gasteiger charge is -2.10. The number of carbonyl (C=O) groups is 1. The van der Waals surface area contributed by atoms with Crippen molar-refractivity contribution in [1.29, 1.82) is 0 Å². The molecule has 1 aromatic rings.